The van der Waals surface area contributed by atoms with Gasteiger partial charge in [0.2, 0.25) is 0 Å². The Morgan fingerprint density at radius 3 is 2.56 bits per heavy atom. The average molecular weight is 229 g/mol. The van der Waals surface area contributed by atoms with E-state index >= 15 is 0 Å². The van der Waals surface area contributed by atoms with E-state index in [0.717, 1.165) is 31.6 Å². The molecule has 0 aliphatic heterocycles. The summed E-state index contributed by atoms with van der Waals surface area (Å²) >= 11 is 0. The number of hydrogen-bond acceptors (Lipinski definition) is 3. The Kier molecular flexibility index (Phi) is 5.22. The quantitative estimate of drug-likeness (QED) is 0.728. The summed E-state index contributed by atoms with van der Waals surface area (Å²) in [5.41, 5.74) is 5.35. The third-order valence-electron chi connectivity index (χ3n) is 3.59. The monoisotopic (exact) mass is 229 g/mol. The lowest BCUT2D eigenvalue weighted by Crippen LogP contribution is -2.45. The second-order valence-corrected chi connectivity index (χ2v) is 4.80. The average Bonchev–Trinajstić information content (AvgIpc) is 2.29. The van der Waals surface area contributed by atoms with Crippen LogP contribution >= 0.6 is 0 Å². The Labute approximate surface area is 97.2 Å². The molecular weight excluding hydrogens is 206 g/mol. The van der Waals surface area contributed by atoms with Gasteiger partial charge < -0.3 is 15.6 Å². The van der Waals surface area contributed by atoms with Crippen LogP contribution in [0.1, 0.15) is 45.4 Å². The minimum Gasteiger partial charge on any atom is -0.480 e. The first-order valence-corrected chi connectivity index (χ1v) is 6.17. The van der Waals surface area contributed by atoms with E-state index in [-0.39, 0.29) is 12.2 Å². The minimum absolute atomic E-state index is 0.227. The Morgan fingerprint density at radius 2 is 2.12 bits per heavy atom. The molecule has 1 fully saturated rings. The van der Waals surface area contributed by atoms with E-state index in [0.29, 0.717) is 6.54 Å². The Morgan fingerprint density at radius 1 is 1.50 bits per heavy atom. The van der Waals surface area contributed by atoms with Crippen molar-refractivity contribution in [3.8, 4) is 0 Å². The van der Waals surface area contributed by atoms with Crippen molar-refractivity contribution in [3.63, 3.8) is 0 Å². The van der Waals surface area contributed by atoms with E-state index in [9.17, 15) is 4.79 Å². The van der Waals surface area contributed by atoms with Crippen molar-refractivity contribution >= 4 is 5.97 Å². The predicted octanol–water partition coefficient (Wildman–Crippen LogP) is 1.78. The van der Waals surface area contributed by atoms with Gasteiger partial charge in [-0.2, -0.15) is 0 Å². The summed E-state index contributed by atoms with van der Waals surface area (Å²) in [6.07, 6.45) is 6.52. The molecule has 0 aromatic rings. The first-order valence-electron chi connectivity index (χ1n) is 6.17. The zero-order valence-electron chi connectivity index (χ0n) is 10.1. The summed E-state index contributed by atoms with van der Waals surface area (Å²) in [5.74, 6) is -0.137. The van der Waals surface area contributed by atoms with Gasteiger partial charge in [0.1, 0.15) is 6.61 Å². The zero-order chi connectivity index (χ0) is 12.0. The molecule has 1 rings (SSSR count). The highest BCUT2D eigenvalue weighted by Gasteiger charge is 2.35. The fourth-order valence-corrected chi connectivity index (χ4v) is 2.52. The number of carboxylic acid groups (broad SMARTS) is 1. The molecule has 0 aromatic carbocycles. The first kappa shape index (κ1) is 13.5. The summed E-state index contributed by atoms with van der Waals surface area (Å²) in [4.78, 5) is 10.5. The molecule has 0 unspecified atom stereocenters. The molecule has 4 heteroatoms. The van der Waals surface area contributed by atoms with Gasteiger partial charge in [0.05, 0.1) is 5.60 Å². The number of aliphatic carboxylic acids is 1. The van der Waals surface area contributed by atoms with E-state index < -0.39 is 5.97 Å². The van der Waals surface area contributed by atoms with Crippen LogP contribution in [-0.2, 0) is 9.53 Å². The van der Waals surface area contributed by atoms with Gasteiger partial charge >= 0.3 is 5.97 Å². The van der Waals surface area contributed by atoms with E-state index in [1.807, 2.05) is 0 Å². The second kappa shape index (κ2) is 6.21. The maximum Gasteiger partial charge on any atom is 0.329 e. The van der Waals surface area contributed by atoms with Crippen LogP contribution in [0.4, 0.5) is 0 Å². The SMILES string of the molecule is CCCC1CCC(CN)(OCC(=O)O)CC1. The summed E-state index contributed by atoms with van der Waals surface area (Å²) in [6.45, 7) is 2.40. The molecule has 94 valence electrons. The van der Waals surface area contributed by atoms with E-state index in [2.05, 4.69) is 6.92 Å². The topological polar surface area (TPSA) is 72.5 Å². The standard InChI is InChI=1S/C12H23NO3/c1-2-3-10-4-6-12(9-13,7-5-10)16-8-11(14)15/h10H,2-9,13H2,1H3,(H,14,15). The van der Waals surface area contributed by atoms with Crippen LogP contribution < -0.4 is 5.73 Å². The lowest BCUT2D eigenvalue weighted by atomic mass is 9.77. The minimum atomic E-state index is -0.913. The highest BCUT2D eigenvalue weighted by atomic mass is 16.5. The molecule has 0 aromatic heterocycles. The molecule has 16 heavy (non-hydrogen) atoms. The van der Waals surface area contributed by atoms with E-state index in [1.165, 1.54) is 12.8 Å². The lowest BCUT2D eigenvalue weighted by Gasteiger charge is -2.38. The Bertz CT molecular complexity index is 222. The number of rotatable bonds is 6. The fraction of sp³-hybridized carbons (Fsp3) is 0.917. The third kappa shape index (κ3) is 3.76. The van der Waals surface area contributed by atoms with Crippen LogP contribution in [-0.4, -0.2) is 29.8 Å². The van der Waals surface area contributed by atoms with Crippen LogP contribution in [0.25, 0.3) is 0 Å². The van der Waals surface area contributed by atoms with Crippen LogP contribution in [0, 0.1) is 5.92 Å². The number of carboxylic acids is 1. The van der Waals surface area contributed by atoms with Crippen LogP contribution in [0.5, 0.6) is 0 Å². The predicted molar refractivity (Wildman–Crippen MR) is 62.2 cm³/mol. The van der Waals surface area contributed by atoms with Crippen LogP contribution in [0.2, 0.25) is 0 Å². The number of hydrogen-bond donors (Lipinski definition) is 2. The Hall–Kier alpha value is -0.610. The summed E-state index contributed by atoms with van der Waals surface area (Å²) in [6, 6.07) is 0. The van der Waals surface area contributed by atoms with Crippen molar-refractivity contribution < 1.29 is 14.6 Å². The molecule has 4 nitrogen and oxygen atoms in total. The maximum atomic E-state index is 10.5. The molecule has 1 aliphatic carbocycles. The molecule has 0 amide bonds. The number of nitrogens with two attached hydrogens (primary N) is 1. The molecule has 1 saturated carbocycles. The lowest BCUT2D eigenvalue weighted by molar-refractivity contribution is -0.152. The molecule has 0 heterocycles. The highest BCUT2D eigenvalue weighted by Crippen LogP contribution is 2.36. The van der Waals surface area contributed by atoms with Gasteiger partial charge in [0.15, 0.2) is 0 Å². The molecule has 0 bridgehead atoms. The normalized spacial score (nSPS) is 30.2. The van der Waals surface area contributed by atoms with Gasteiger partial charge in [-0.25, -0.2) is 4.79 Å². The third-order valence-corrected chi connectivity index (χ3v) is 3.59. The molecule has 0 saturated heterocycles. The van der Waals surface area contributed by atoms with Crippen molar-refractivity contribution in [3.05, 3.63) is 0 Å². The molecule has 0 spiro atoms. The smallest absolute Gasteiger partial charge is 0.329 e. The highest BCUT2D eigenvalue weighted by molar-refractivity contribution is 5.68. The maximum absolute atomic E-state index is 10.5. The molecule has 0 radical (unpaired) electrons. The zero-order valence-corrected chi connectivity index (χ0v) is 10.1. The van der Waals surface area contributed by atoms with Crippen molar-refractivity contribution in [1.82, 2.24) is 0 Å². The largest absolute Gasteiger partial charge is 0.480 e. The molecular formula is C12H23NO3. The number of ether oxygens (including phenoxy) is 1. The number of carbonyl (C=O) groups is 1. The molecule has 1 aliphatic rings. The van der Waals surface area contributed by atoms with Gasteiger partial charge in [0, 0.05) is 6.54 Å². The first-order chi connectivity index (χ1) is 7.62. The van der Waals surface area contributed by atoms with Crippen molar-refractivity contribution in [1.29, 1.82) is 0 Å². The van der Waals surface area contributed by atoms with Gasteiger partial charge in [0.25, 0.3) is 0 Å². The van der Waals surface area contributed by atoms with Gasteiger partial charge in [-0.1, -0.05) is 19.8 Å². The van der Waals surface area contributed by atoms with Gasteiger partial charge in [-0.3, -0.25) is 0 Å². The van der Waals surface area contributed by atoms with Gasteiger partial charge in [-0.05, 0) is 31.6 Å². The van der Waals surface area contributed by atoms with Crippen LogP contribution in [0.3, 0.4) is 0 Å². The Balaban J connectivity index is 2.41. The van der Waals surface area contributed by atoms with Crippen molar-refractivity contribution in [2.75, 3.05) is 13.2 Å². The second-order valence-electron chi connectivity index (χ2n) is 4.80. The fourth-order valence-electron chi connectivity index (χ4n) is 2.52. The molecule has 0 atom stereocenters. The van der Waals surface area contributed by atoms with E-state index in [4.69, 9.17) is 15.6 Å². The van der Waals surface area contributed by atoms with Crippen LogP contribution in [0.15, 0.2) is 0 Å². The van der Waals surface area contributed by atoms with E-state index in [1.54, 1.807) is 0 Å². The molecule has 3 N–H and O–H groups in total. The van der Waals surface area contributed by atoms with Gasteiger partial charge in [-0.15, -0.1) is 0 Å². The summed E-state index contributed by atoms with van der Waals surface area (Å²) in [5, 5.41) is 8.62. The summed E-state index contributed by atoms with van der Waals surface area (Å²) in [7, 11) is 0. The van der Waals surface area contributed by atoms with Crippen molar-refractivity contribution in [2.24, 2.45) is 11.7 Å². The summed E-state index contributed by atoms with van der Waals surface area (Å²) < 4.78 is 5.48. The van der Waals surface area contributed by atoms with Crippen molar-refractivity contribution in [2.45, 2.75) is 51.0 Å².